The Morgan fingerprint density at radius 2 is 2.35 bits per heavy atom. The Hall–Kier alpha value is -0.910. The van der Waals surface area contributed by atoms with Crippen LogP contribution in [0, 0.1) is 0 Å². The van der Waals surface area contributed by atoms with Crippen LogP contribution in [0.25, 0.3) is 0 Å². The molecule has 4 nitrogen and oxygen atoms in total. The van der Waals surface area contributed by atoms with Crippen molar-refractivity contribution >= 4 is 22.9 Å². The Morgan fingerprint density at radius 1 is 1.59 bits per heavy atom. The van der Waals surface area contributed by atoms with E-state index in [0.717, 1.165) is 36.5 Å². The van der Waals surface area contributed by atoms with Crippen molar-refractivity contribution in [1.29, 1.82) is 0 Å². The number of aliphatic hydroxyl groups is 1. The van der Waals surface area contributed by atoms with Gasteiger partial charge in [0.05, 0.1) is 11.8 Å². The van der Waals surface area contributed by atoms with Crippen molar-refractivity contribution in [2.75, 3.05) is 11.9 Å². The highest BCUT2D eigenvalue weighted by molar-refractivity contribution is 7.10. The number of thiophene rings is 1. The van der Waals surface area contributed by atoms with Crippen LogP contribution in [0.1, 0.15) is 31.6 Å². The molecule has 1 aromatic rings. The van der Waals surface area contributed by atoms with E-state index in [-0.39, 0.29) is 12.0 Å². The van der Waals surface area contributed by atoms with Crippen LogP contribution in [0.3, 0.4) is 0 Å². The summed E-state index contributed by atoms with van der Waals surface area (Å²) in [6.45, 7) is 4.99. The van der Waals surface area contributed by atoms with Gasteiger partial charge in [0, 0.05) is 18.3 Å². The van der Waals surface area contributed by atoms with Crippen LogP contribution < -0.4 is 10.6 Å². The Kier molecular flexibility index (Phi) is 6.18. The number of rotatable bonds is 7. The summed E-state index contributed by atoms with van der Waals surface area (Å²) in [7, 11) is 0. The first kappa shape index (κ1) is 14.2. The van der Waals surface area contributed by atoms with Gasteiger partial charge in [-0.1, -0.05) is 6.92 Å². The minimum Gasteiger partial charge on any atom is -0.393 e. The summed E-state index contributed by atoms with van der Waals surface area (Å²) in [5.74, 6) is -0.0499. The minimum atomic E-state index is -0.222. The number of hydrogen-bond donors (Lipinski definition) is 3. The molecule has 1 rings (SSSR count). The summed E-state index contributed by atoms with van der Waals surface area (Å²) >= 11 is 1.62. The highest BCUT2D eigenvalue weighted by atomic mass is 32.1. The van der Waals surface area contributed by atoms with Crippen LogP contribution in [0.4, 0.5) is 5.69 Å². The molecule has 96 valence electrons. The highest BCUT2D eigenvalue weighted by Crippen LogP contribution is 2.21. The van der Waals surface area contributed by atoms with E-state index >= 15 is 0 Å². The number of carbonyl (C=O) groups is 1. The number of carbonyl (C=O) groups excluding carboxylic acids is 1. The maximum Gasteiger partial charge on any atom is 0.221 e. The number of anilines is 1. The summed E-state index contributed by atoms with van der Waals surface area (Å²) < 4.78 is 0. The molecular weight excluding hydrogens is 236 g/mol. The van der Waals surface area contributed by atoms with Gasteiger partial charge in [-0.3, -0.25) is 4.79 Å². The van der Waals surface area contributed by atoms with Crippen molar-refractivity contribution < 1.29 is 9.90 Å². The molecule has 0 saturated heterocycles. The fraction of sp³-hybridized carbons (Fsp3) is 0.583. The lowest BCUT2D eigenvalue weighted by molar-refractivity contribution is -0.114. The Morgan fingerprint density at radius 3 is 3.00 bits per heavy atom. The number of aliphatic hydroxyl groups excluding tert-OH is 1. The predicted octanol–water partition coefficient (Wildman–Crippen LogP) is 1.96. The average molecular weight is 256 g/mol. The van der Waals surface area contributed by atoms with Crippen LogP contribution in [-0.4, -0.2) is 23.7 Å². The lowest BCUT2D eigenvalue weighted by Crippen LogP contribution is -2.20. The molecule has 0 bridgehead atoms. The molecule has 1 aromatic heterocycles. The molecule has 1 amide bonds. The van der Waals surface area contributed by atoms with E-state index in [1.807, 2.05) is 18.4 Å². The van der Waals surface area contributed by atoms with Gasteiger partial charge in [0.2, 0.25) is 5.91 Å². The fourth-order valence-corrected chi connectivity index (χ4v) is 2.25. The quantitative estimate of drug-likeness (QED) is 0.654. The first-order chi connectivity index (χ1) is 8.13. The van der Waals surface area contributed by atoms with Gasteiger partial charge < -0.3 is 15.7 Å². The second-order valence-electron chi connectivity index (χ2n) is 3.97. The fourth-order valence-electron chi connectivity index (χ4n) is 1.45. The molecule has 0 aromatic carbocycles. The largest absolute Gasteiger partial charge is 0.393 e. The van der Waals surface area contributed by atoms with Gasteiger partial charge in [0.25, 0.3) is 0 Å². The van der Waals surface area contributed by atoms with Crippen LogP contribution in [0.5, 0.6) is 0 Å². The van der Waals surface area contributed by atoms with E-state index in [2.05, 4.69) is 10.6 Å². The van der Waals surface area contributed by atoms with Gasteiger partial charge in [0.1, 0.15) is 0 Å². The van der Waals surface area contributed by atoms with Gasteiger partial charge in [-0.05, 0) is 30.8 Å². The summed E-state index contributed by atoms with van der Waals surface area (Å²) in [6.07, 6.45) is 1.33. The Bertz CT molecular complexity index is 352. The molecule has 0 radical (unpaired) electrons. The molecule has 1 heterocycles. The second kappa shape index (κ2) is 7.42. The van der Waals surface area contributed by atoms with E-state index in [1.54, 1.807) is 11.3 Å². The lowest BCUT2D eigenvalue weighted by atomic mass is 10.2. The summed E-state index contributed by atoms with van der Waals surface area (Å²) in [5.41, 5.74) is 0.881. The minimum absolute atomic E-state index is 0.0499. The second-order valence-corrected chi connectivity index (χ2v) is 4.97. The van der Waals surface area contributed by atoms with Gasteiger partial charge in [-0.2, -0.15) is 0 Å². The third kappa shape index (κ3) is 5.30. The molecule has 0 aliphatic heterocycles. The lowest BCUT2D eigenvalue weighted by Gasteiger charge is -2.09. The average Bonchev–Trinajstić information content (AvgIpc) is 2.70. The molecule has 0 fully saturated rings. The zero-order chi connectivity index (χ0) is 12.7. The first-order valence-electron chi connectivity index (χ1n) is 5.86. The van der Waals surface area contributed by atoms with Gasteiger partial charge in [0.15, 0.2) is 0 Å². The SMILES string of the molecule is CCC(O)CCNCc1sccc1NC(C)=O. The molecule has 1 unspecified atom stereocenters. The maximum absolute atomic E-state index is 11.0. The van der Waals surface area contributed by atoms with Crippen molar-refractivity contribution in [2.24, 2.45) is 0 Å². The van der Waals surface area contributed by atoms with Gasteiger partial charge in [-0.25, -0.2) is 0 Å². The molecule has 3 N–H and O–H groups in total. The number of nitrogens with one attached hydrogen (secondary N) is 2. The van der Waals surface area contributed by atoms with Gasteiger partial charge >= 0.3 is 0 Å². The molecule has 0 aliphatic carbocycles. The van der Waals surface area contributed by atoms with Crippen LogP contribution in [-0.2, 0) is 11.3 Å². The molecule has 0 saturated carbocycles. The molecule has 0 aliphatic rings. The Labute approximate surface area is 106 Å². The smallest absolute Gasteiger partial charge is 0.221 e. The molecule has 5 heteroatoms. The monoisotopic (exact) mass is 256 g/mol. The van der Waals surface area contributed by atoms with Gasteiger partial charge in [-0.15, -0.1) is 11.3 Å². The van der Waals surface area contributed by atoms with Crippen molar-refractivity contribution in [3.8, 4) is 0 Å². The van der Waals surface area contributed by atoms with Crippen molar-refractivity contribution in [3.63, 3.8) is 0 Å². The summed E-state index contributed by atoms with van der Waals surface area (Å²) in [4.78, 5) is 12.1. The normalized spacial score (nSPS) is 12.4. The van der Waals surface area contributed by atoms with E-state index in [4.69, 9.17) is 0 Å². The first-order valence-corrected chi connectivity index (χ1v) is 6.74. The molecular formula is C12H20N2O2S. The van der Waals surface area contributed by atoms with E-state index in [0.29, 0.717) is 0 Å². The standard InChI is InChI=1S/C12H20N2O2S/c1-3-10(16)4-6-13-8-12-11(5-7-17-12)14-9(2)15/h5,7,10,13,16H,3-4,6,8H2,1-2H3,(H,14,15). The molecule has 1 atom stereocenters. The van der Waals surface area contributed by atoms with E-state index in [1.165, 1.54) is 6.92 Å². The Balaban J connectivity index is 2.31. The van der Waals surface area contributed by atoms with Crippen LogP contribution in [0.15, 0.2) is 11.4 Å². The van der Waals surface area contributed by atoms with Crippen molar-refractivity contribution in [1.82, 2.24) is 5.32 Å². The van der Waals surface area contributed by atoms with Crippen molar-refractivity contribution in [3.05, 3.63) is 16.3 Å². The number of amides is 1. The zero-order valence-electron chi connectivity index (χ0n) is 10.3. The molecule has 0 spiro atoms. The third-order valence-electron chi connectivity index (χ3n) is 2.47. The molecule has 17 heavy (non-hydrogen) atoms. The maximum atomic E-state index is 11.0. The van der Waals surface area contributed by atoms with E-state index in [9.17, 15) is 9.90 Å². The number of hydrogen-bond acceptors (Lipinski definition) is 4. The van der Waals surface area contributed by atoms with Crippen LogP contribution in [0.2, 0.25) is 0 Å². The van der Waals surface area contributed by atoms with Crippen molar-refractivity contribution in [2.45, 2.75) is 39.3 Å². The predicted molar refractivity (Wildman–Crippen MR) is 71.2 cm³/mol. The third-order valence-corrected chi connectivity index (χ3v) is 3.39. The summed E-state index contributed by atoms with van der Waals surface area (Å²) in [6, 6.07) is 1.91. The zero-order valence-corrected chi connectivity index (χ0v) is 11.1. The summed E-state index contributed by atoms with van der Waals surface area (Å²) in [5, 5.41) is 17.4. The van der Waals surface area contributed by atoms with E-state index < -0.39 is 0 Å². The van der Waals surface area contributed by atoms with Crippen LogP contribution >= 0.6 is 11.3 Å². The topological polar surface area (TPSA) is 61.4 Å². The highest BCUT2D eigenvalue weighted by Gasteiger charge is 2.05.